The van der Waals surface area contributed by atoms with Gasteiger partial charge in [0.1, 0.15) is 0 Å². The van der Waals surface area contributed by atoms with Crippen LogP contribution in [0.3, 0.4) is 0 Å². The molecule has 0 aliphatic heterocycles. The van der Waals surface area contributed by atoms with Gasteiger partial charge in [-0.1, -0.05) is 11.3 Å². The molecule has 4 rings (SSSR count). The maximum absolute atomic E-state index is 11.4. The van der Waals surface area contributed by atoms with E-state index in [2.05, 4.69) is 20.1 Å². The van der Waals surface area contributed by atoms with Crippen molar-refractivity contribution in [3.63, 3.8) is 0 Å². The smallest absolute Gasteiger partial charge is 0.307 e. The Morgan fingerprint density at radius 3 is 2.91 bits per heavy atom. The third kappa shape index (κ3) is 2.55. The highest BCUT2D eigenvalue weighted by molar-refractivity contribution is 7.10. The third-order valence-corrected chi connectivity index (χ3v) is 4.53. The second kappa shape index (κ2) is 5.02. The molecule has 0 spiro atoms. The lowest BCUT2D eigenvalue weighted by molar-refractivity contribution is 0.455. The minimum atomic E-state index is -0.295. The van der Waals surface area contributed by atoms with Crippen LogP contribution >= 0.6 is 11.3 Å². The van der Waals surface area contributed by atoms with Gasteiger partial charge in [-0.2, -0.15) is 9.61 Å². The molecular formula is C15H15N5O2S. The number of rotatable bonds is 2. The first kappa shape index (κ1) is 14.1. The van der Waals surface area contributed by atoms with E-state index in [4.69, 9.17) is 0 Å². The summed E-state index contributed by atoms with van der Waals surface area (Å²) in [6.45, 7) is 3.80. The first-order valence-electron chi connectivity index (χ1n) is 7.36. The SMILES string of the molecule is Cc1cc(=NC2CC2)n2nc(C)/c(=C/c3sc(=O)[nH]c3O)c2n1. The zero-order chi connectivity index (χ0) is 16.1. The van der Waals surface area contributed by atoms with Gasteiger partial charge in [-0.25, -0.2) is 4.98 Å². The Balaban J connectivity index is 2.04. The molecule has 23 heavy (non-hydrogen) atoms. The summed E-state index contributed by atoms with van der Waals surface area (Å²) in [6.07, 6.45) is 3.98. The van der Waals surface area contributed by atoms with Gasteiger partial charge in [-0.15, -0.1) is 0 Å². The number of hydrogen-bond donors (Lipinski definition) is 2. The highest BCUT2D eigenvalue weighted by atomic mass is 32.1. The number of nitrogens with zero attached hydrogens (tertiary/aromatic N) is 4. The summed E-state index contributed by atoms with van der Waals surface area (Å²) in [5, 5.41) is 15.1. The molecule has 2 N–H and O–H groups in total. The predicted molar refractivity (Wildman–Crippen MR) is 86.4 cm³/mol. The van der Waals surface area contributed by atoms with E-state index < -0.39 is 0 Å². The summed E-state index contributed by atoms with van der Waals surface area (Å²) in [5.41, 5.74) is 3.11. The molecule has 0 bridgehead atoms. The minimum Gasteiger partial charge on any atom is -0.493 e. The molecule has 0 saturated heterocycles. The van der Waals surface area contributed by atoms with Gasteiger partial charge in [0.25, 0.3) is 0 Å². The Morgan fingerprint density at radius 2 is 2.26 bits per heavy atom. The van der Waals surface area contributed by atoms with Crippen molar-refractivity contribution in [3.05, 3.63) is 42.7 Å². The maximum atomic E-state index is 11.4. The quantitative estimate of drug-likeness (QED) is 0.712. The lowest BCUT2D eigenvalue weighted by Gasteiger charge is -1.97. The zero-order valence-corrected chi connectivity index (χ0v) is 13.5. The number of fused-ring (bicyclic) bond motifs is 1. The van der Waals surface area contributed by atoms with Gasteiger partial charge in [0.2, 0.25) is 5.88 Å². The van der Waals surface area contributed by atoms with Crippen LogP contribution in [0.5, 0.6) is 5.88 Å². The van der Waals surface area contributed by atoms with Crippen molar-refractivity contribution < 1.29 is 5.11 Å². The predicted octanol–water partition coefficient (Wildman–Crippen LogP) is 0.412. The van der Waals surface area contributed by atoms with E-state index in [1.807, 2.05) is 19.9 Å². The molecule has 0 radical (unpaired) electrons. The zero-order valence-electron chi connectivity index (χ0n) is 12.7. The Kier molecular flexibility index (Phi) is 3.08. The van der Waals surface area contributed by atoms with Crippen molar-refractivity contribution in [1.82, 2.24) is 19.6 Å². The fraction of sp³-hybridized carbons (Fsp3) is 0.333. The van der Waals surface area contributed by atoms with E-state index in [-0.39, 0.29) is 10.8 Å². The van der Waals surface area contributed by atoms with E-state index in [1.165, 1.54) is 0 Å². The fourth-order valence-electron chi connectivity index (χ4n) is 2.45. The number of aromatic nitrogens is 4. The highest BCUT2D eigenvalue weighted by Crippen LogP contribution is 2.22. The number of thiazole rings is 1. The monoisotopic (exact) mass is 329 g/mol. The van der Waals surface area contributed by atoms with Gasteiger partial charge in [0.05, 0.1) is 16.6 Å². The van der Waals surface area contributed by atoms with Gasteiger partial charge in [0, 0.05) is 17.0 Å². The summed E-state index contributed by atoms with van der Waals surface area (Å²) in [5.74, 6) is -0.130. The topological polar surface area (TPSA) is 95.6 Å². The summed E-state index contributed by atoms with van der Waals surface area (Å²) in [4.78, 5) is 23.1. The van der Waals surface area contributed by atoms with Crippen molar-refractivity contribution in [2.24, 2.45) is 4.99 Å². The van der Waals surface area contributed by atoms with Crippen molar-refractivity contribution in [2.45, 2.75) is 32.7 Å². The largest absolute Gasteiger partial charge is 0.493 e. The Labute approximate surface area is 134 Å². The van der Waals surface area contributed by atoms with Crippen LogP contribution in [0.2, 0.25) is 0 Å². The van der Waals surface area contributed by atoms with Crippen LogP contribution in [-0.4, -0.2) is 30.7 Å². The van der Waals surface area contributed by atoms with Crippen LogP contribution in [0.25, 0.3) is 11.7 Å². The fourth-order valence-corrected chi connectivity index (χ4v) is 3.13. The van der Waals surface area contributed by atoms with Gasteiger partial charge in [-0.3, -0.25) is 14.8 Å². The van der Waals surface area contributed by atoms with Crippen molar-refractivity contribution in [1.29, 1.82) is 0 Å². The molecule has 1 aliphatic carbocycles. The molecule has 1 saturated carbocycles. The first-order valence-corrected chi connectivity index (χ1v) is 8.17. The normalized spacial score (nSPS) is 16.6. The first-order chi connectivity index (χ1) is 11.0. The van der Waals surface area contributed by atoms with Gasteiger partial charge in [-0.05, 0) is 32.8 Å². The summed E-state index contributed by atoms with van der Waals surface area (Å²) < 4.78 is 1.74. The summed E-state index contributed by atoms with van der Waals surface area (Å²) in [6, 6.07) is 2.31. The van der Waals surface area contributed by atoms with E-state index in [0.717, 1.165) is 46.3 Å². The lowest BCUT2D eigenvalue weighted by Crippen LogP contribution is -2.19. The number of H-pyrrole nitrogens is 1. The molecular weight excluding hydrogens is 314 g/mol. The van der Waals surface area contributed by atoms with Crippen LogP contribution in [0.1, 0.15) is 29.1 Å². The van der Waals surface area contributed by atoms with E-state index in [9.17, 15) is 9.90 Å². The van der Waals surface area contributed by atoms with Crippen molar-refractivity contribution in [2.75, 3.05) is 0 Å². The molecule has 3 aromatic rings. The van der Waals surface area contributed by atoms with Gasteiger partial charge < -0.3 is 5.11 Å². The van der Waals surface area contributed by atoms with Crippen LogP contribution in [-0.2, 0) is 0 Å². The van der Waals surface area contributed by atoms with Crippen molar-refractivity contribution >= 4 is 23.1 Å². The molecule has 1 fully saturated rings. The molecule has 0 aromatic carbocycles. The maximum Gasteiger partial charge on any atom is 0.307 e. The summed E-state index contributed by atoms with van der Waals surface area (Å²) in [7, 11) is 0. The third-order valence-electron chi connectivity index (χ3n) is 3.71. The molecule has 0 unspecified atom stereocenters. The molecule has 1 aliphatic rings. The Hall–Kier alpha value is -2.48. The molecule has 7 nitrogen and oxygen atoms in total. The standard InChI is InChI=1S/C15H15N5O2S/c1-7-5-12(17-9-3-4-9)20-13(16-7)10(8(2)19-20)6-11-14(21)18-15(22)23-11/h5-6,9,21H,3-4H2,1-2H3,(H,18,22)/b10-6-,17-12?. The lowest BCUT2D eigenvalue weighted by atomic mass is 10.3. The highest BCUT2D eigenvalue weighted by Gasteiger charge is 2.20. The summed E-state index contributed by atoms with van der Waals surface area (Å²) >= 11 is 0.954. The number of hydrogen-bond acceptors (Lipinski definition) is 6. The van der Waals surface area contributed by atoms with Gasteiger partial charge in [0.15, 0.2) is 11.1 Å². The van der Waals surface area contributed by atoms with E-state index in [1.54, 1.807) is 10.6 Å². The van der Waals surface area contributed by atoms with E-state index >= 15 is 0 Å². The van der Waals surface area contributed by atoms with E-state index in [0.29, 0.717) is 16.6 Å². The number of aromatic amines is 1. The Morgan fingerprint density at radius 1 is 1.48 bits per heavy atom. The average molecular weight is 329 g/mol. The Bertz CT molecular complexity index is 1090. The second-order valence-corrected chi connectivity index (χ2v) is 6.74. The van der Waals surface area contributed by atoms with Crippen molar-refractivity contribution in [3.8, 4) is 5.88 Å². The van der Waals surface area contributed by atoms with Crippen LogP contribution in [0.15, 0.2) is 15.9 Å². The van der Waals surface area contributed by atoms with Crippen LogP contribution in [0.4, 0.5) is 0 Å². The molecule has 3 heterocycles. The molecule has 8 heteroatoms. The molecule has 0 amide bonds. The van der Waals surface area contributed by atoms with Crippen LogP contribution in [0, 0.1) is 13.8 Å². The molecule has 3 aromatic heterocycles. The van der Waals surface area contributed by atoms with Gasteiger partial charge >= 0.3 is 4.87 Å². The molecule has 118 valence electrons. The average Bonchev–Trinajstić information content (AvgIpc) is 3.16. The second-order valence-electron chi connectivity index (χ2n) is 5.72. The number of aryl methyl sites for hydroxylation is 2. The number of nitrogens with one attached hydrogen (secondary N) is 1. The van der Waals surface area contributed by atoms with Crippen LogP contribution < -0.4 is 15.6 Å². The number of aromatic hydroxyl groups is 1. The minimum absolute atomic E-state index is 0.130. The molecule has 0 atom stereocenters.